The first kappa shape index (κ1) is 19.9. The molecule has 31 heavy (non-hydrogen) atoms. The number of hydrogen-bond donors (Lipinski definition) is 1. The highest BCUT2D eigenvalue weighted by molar-refractivity contribution is 7.10. The van der Waals surface area contributed by atoms with E-state index in [4.69, 9.17) is 11.6 Å². The molecular weight excluding hydrogens is 430 g/mol. The Kier molecular flexibility index (Phi) is 5.55. The first-order valence-electron chi connectivity index (χ1n) is 9.99. The first-order valence-corrected chi connectivity index (χ1v) is 11.2. The fourth-order valence-corrected chi connectivity index (χ4v) is 5.16. The topological polar surface area (TPSA) is 63.1 Å². The Morgan fingerprint density at radius 2 is 2.06 bits per heavy atom. The Balaban J connectivity index is 1.40. The standard InChI is InChI=1S/C23H20ClN5OS/c24-17-6-7-20(29-15-25-14-26-29)19(12-17)27-22(30)13-28-10-8-21-18(9-11-31-21)23(28)16-4-2-1-3-5-16/h1-7,9,11-12,14-15,23H,8,10,13H2,(H,27,30)/t23-/m0/s1. The summed E-state index contributed by atoms with van der Waals surface area (Å²) in [5.74, 6) is -0.0942. The average molecular weight is 450 g/mol. The Labute approximate surface area is 189 Å². The number of hydrogen-bond acceptors (Lipinski definition) is 5. The molecule has 3 heterocycles. The number of amides is 1. The zero-order chi connectivity index (χ0) is 21.2. The van der Waals surface area contributed by atoms with Crippen LogP contribution in [0.25, 0.3) is 5.69 Å². The third-order valence-corrected chi connectivity index (χ3v) is 6.66. The van der Waals surface area contributed by atoms with Gasteiger partial charge in [-0.1, -0.05) is 41.9 Å². The molecule has 1 amide bonds. The molecule has 0 bridgehead atoms. The van der Waals surface area contributed by atoms with Crippen molar-refractivity contribution in [3.8, 4) is 5.69 Å². The molecule has 0 aliphatic carbocycles. The Bertz CT molecular complexity index is 1190. The molecule has 0 fully saturated rings. The molecule has 6 nitrogen and oxygen atoms in total. The van der Waals surface area contributed by atoms with Crippen LogP contribution in [0, 0.1) is 0 Å². The van der Waals surface area contributed by atoms with Crippen molar-refractivity contribution in [3.63, 3.8) is 0 Å². The van der Waals surface area contributed by atoms with E-state index in [1.54, 1.807) is 34.5 Å². The van der Waals surface area contributed by atoms with Crippen molar-refractivity contribution in [3.05, 3.63) is 93.7 Å². The summed E-state index contributed by atoms with van der Waals surface area (Å²) in [6, 6.07) is 17.9. The highest BCUT2D eigenvalue weighted by Crippen LogP contribution is 2.37. The summed E-state index contributed by atoms with van der Waals surface area (Å²) in [5.41, 5.74) is 3.81. The van der Waals surface area contributed by atoms with Crippen molar-refractivity contribution >= 4 is 34.5 Å². The molecule has 8 heteroatoms. The molecule has 0 unspecified atom stereocenters. The predicted octanol–water partition coefficient (Wildman–Crippen LogP) is 4.57. The lowest BCUT2D eigenvalue weighted by molar-refractivity contribution is -0.117. The van der Waals surface area contributed by atoms with Crippen LogP contribution in [0.15, 0.2) is 72.6 Å². The van der Waals surface area contributed by atoms with E-state index >= 15 is 0 Å². The summed E-state index contributed by atoms with van der Waals surface area (Å²) in [5, 5.41) is 9.88. The van der Waals surface area contributed by atoms with Crippen molar-refractivity contribution in [2.24, 2.45) is 0 Å². The highest BCUT2D eigenvalue weighted by Gasteiger charge is 2.30. The molecule has 0 saturated carbocycles. The Morgan fingerprint density at radius 1 is 1.19 bits per heavy atom. The van der Waals surface area contributed by atoms with Gasteiger partial charge >= 0.3 is 0 Å². The van der Waals surface area contributed by atoms with E-state index in [1.807, 2.05) is 24.3 Å². The smallest absolute Gasteiger partial charge is 0.238 e. The van der Waals surface area contributed by atoms with Crippen LogP contribution < -0.4 is 5.32 Å². The van der Waals surface area contributed by atoms with Crippen molar-refractivity contribution in [1.82, 2.24) is 19.7 Å². The molecule has 156 valence electrons. The van der Waals surface area contributed by atoms with Gasteiger partial charge in [-0.15, -0.1) is 11.3 Å². The molecule has 2 aromatic carbocycles. The maximum atomic E-state index is 13.1. The van der Waals surface area contributed by atoms with Gasteiger partial charge in [0.1, 0.15) is 12.7 Å². The minimum absolute atomic E-state index is 0.0658. The maximum absolute atomic E-state index is 13.1. The molecule has 5 rings (SSSR count). The van der Waals surface area contributed by atoms with Crippen LogP contribution >= 0.6 is 22.9 Å². The zero-order valence-corrected chi connectivity index (χ0v) is 18.2. The second kappa shape index (κ2) is 8.63. The third-order valence-electron chi connectivity index (χ3n) is 5.43. The minimum atomic E-state index is -0.0942. The van der Waals surface area contributed by atoms with E-state index in [1.165, 1.54) is 22.3 Å². The quantitative estimate of drug-likeness (QED) is 0.485. The normalized spacial score (nSPS) is 16.1. The highest BCUT2D eigenvalue weighted by atomic mass is 35.5. The van der Waals surface area contributed by atoms with Gasteiger partial charge in [-0.25, -0.2) is 9.67 Å². The van der Waals surface area contributed by atoms with Crippen molar-refractivity contribution < 1.29 is 4.79 Å². The van der Waals surface area contributed by atoms with Gasteiger partial charge in [-0.3, -0.25) is 9.69 Å². The van der Waals surface area contributed by atoms with Crippen molar-refractivity contribution in [1.29, 1.82) is 0 Å². The summed E-state index contributed by atoms with van der Waals surface area (Å²) in [4.78, 5) is 20.7. The average Bonchev–Trinajstić information content (AvgIpc) is 3.46. The molecule has 0 radical (unpaired) electrons. The van der Waals surface area contributed by atoms with Gasteiger partial charge in [-0.2, -0.15) is 5.10 Å². The molecule has 1 N–H and O–H groups in total. The number of thiophene rings is 1. The largest absolute Gasteiger partial charge is 0.323 e. The van der Waals surface area contributed by atoms with Gasteiger partial charge in [0.05, 0.1) is 24.0 Å². The lowest BCUT2D eigenvalue weighted by atomic mass is 9.93. The predicted molar refractivity (Wildman–Crippen MR) is 123 cm³/mol. The molecule has 0 saturated heterocycles. The van der Waals surface area contributed by atoms with Crippen molar-refractivity contribution in [2.75, 3.05) is 18.4 Å². The lowest BCUT2D eigenvalue weighted by Crippen LogP contribution is -2.40. The van der Waals surface area contributed by atoms with Crippen LogP contribution in [-0.2, 0) is 11.2 Å². The number of rotatable bonds is 5. The second-order valence-electron chi connectivity index (χ2n) is 7.38. The van der Waals surface area contributed by atoms with E-state index in [0.717, 1.165) is 13.0 Å². The molecule has 4 aromatic rings. The first-order chi connectivity index (χ1) is 15.2. The molecule has 1 atom stereocenters. The van der Waals surface area contributed by atoms with Crippen LogP contribution in [-0.4, -0.2) is 38.7 Å². The zero-order valence-electron chi connectivity index (χ0n) is 16.6. The van der Waals surface area contributed by atoms with Gasteiger partial charge in [0.2, 0.25) is 5.91 Å². The fraction of sp³-hybridized carbons (Fsp3) is 0.174. The van der Waals surface area contributed by atoms with Crippen LogP contribution in [0.1, 0.15) is 22.0 Å². The monoisotopic (exact) mass is 449 g/mol. The molecule has 2 aromatic heterocycles. The lowest BCUT2D eigenvalue weighted by Gasteiger charge is -2.35. The van der Waals surface area contributed by atoms with E-state index in [9.17, 15) is 4.79 Å². The minimum Gasteiger partial charge on any atom is -0.323 e. The Hall–Kier alpha value is -3.00. The molecule has 1 aliphatic heterocycles. The van der Waals surface area contributed by atoms with Crippen molar-refractivity contribution in [2.45, 2.75) is 12.5 Å². The number of carbonyl (C=O) groups is 1. The number of benzene rings is 2. The second-order valence-corrected chi connectivity index (χ2v) is 8.82. The molecule has 1 aliphatic rings. The summed E-state index contributed by atoms with van der Waals surface area (Å²) < 4.78 is 1.61. The molecule has 0 spiro atoms. The number of carbonyl (C=O) groups excluding carboxylic acids is 1. The number of anilines is 1. The van der Waals surface area contributed by atoms with Gasteiger partial charge in [-0.05, 0) is 47.2 Å². The number of halogens is 1. The number of fused-ring (bicyclic) bond motifs is 1. The molecular formula is C23H20ClN5OS. The summed E-state index contributed by atoms with van der Waals surface area (Å²) >= 11 is 7.99. The van der Waals surface area contributed by atoms with Crippen LogP contribution in [0.2, 0.25) is 5.02 Å². The fourth-order valence-electron chi connectivity index (χ4n) is 4.08. The van der Waals surface area contributed by atoms with Crippen LogP contribution in [0.3, 0.4) is 0 Å². The van der Waals surface area contributed by atoms with E-state index < -0.39 is 0 Å². The number of nitrogens with one attached hydrogen (secondary N) is 1. The number of aromatic nitrogens is 3. The van der Waals surface area contributed by atoms with E-state index in [2.05, 4.69) is 43.9 Å². The van der Waals surface area contributed by atoms with Crippen LogP contribution in [0.5, 0.6) is 0 Å². The SMILES string of the molecule is O=C(CN1CCc2sccc2[C@@H]1c1ccccc1)Nc1cc(Cl)ccc1-n1cncn1. The maximum Gasteiger partial charge on any atom is 0.238 e. The van der Waals surface area contributed by atoms with Crippen LogP contribution in [0.4, 0.5) is 5.69 Å². The van der Waals surface area contributed by atoms with Gasteiger partial charge in [0.25, 0.3) is 0 Å². The van der Waals surface area contributed by atoms with Gasteiger partial charge in [0, 0.05) is 16.4 Å². The van der Waals surface area contributed by atoms with E-state index in [-0.39, 0.29) is 18.5 Å². The number of nitrogens with zero attached hydrogens (tertiary/aromatic N) is 4. The van der Waals surface area contributed by atoms with E-state index in [0.29, 0.717) is 16.4 Å². The summed E-state index contributed by atoms with van der Waals surface area (Å²) in [7, 11) is 0. The third kappa shape index (κ3) is 4.12. The Morgan fingerprint density at radius 3 is 2.87 bits per heavy atom. The van der Waals surface area contributed by atoms with Gasteiger partial charge in [0.15, 0.2) is 0 Å². The summed E-state index contributed by atoms with van der Waals surface area (Å²) in [6.45, 7) is 1.10. The van der Waals surface area contributed by atoms with Gasteiger partial charge < -0.3 is 5.32 Å². The summed E-state index contributed by atoms with van der Waals surface area (Å²) in [6.07, 6.45) is 3.99.